The van der Waals surface area contributed by atoms with Crippen LogP contribution in [0.15, 0.2) is 6.07 Å². The molecule has 1 aromatic rings. The highest BCUT2D eigenvalue weighted by Gasteiger charge is 2.57. The number of epoxide rings is 3. The van der Waals surface area contributed by atoms with Crippen molar-refractivity contribution in [1.29, 1.82) is 0 Å². The number of hydrogen-bond donors (Lipinski definition) is 0. The van der Waals surface area contributed by atoms with E-state index < -0.39 is 0 Å². The van der Waals surface area contributed by atoms with Gasteiger partial charge in [0.15, 0.2) is 11.5 Å². The van der Waals surface area contributed by atoms with Crippen molar-refractivity contribution in [3.8, 4) is 17.2 Å². The molecular weight excluding hydrogens is 516 g/mol. The van der Waals surface area contributed by atoms with Gasteiger partial charge in [0.05, 0.1) is 19.8 Å². The minimum absolute atomic E-state index is 0.126. The standard InChI is InChI=1S/C35H46O6/c1-20-2-22-3-21(1)9-34(8-20,10-22)29-7-30(39-17-26-14-36-26)33(41-19-28-16-38-28)31(32(29)40-18-27-15-37-27)35-11-23-4-24(12-35)6-25(5-23)13-35/h7,20-28H,1-6,8-19H2. The summed E-state index contributed by atoms with van der Waals surface area (Å²) in [4.78, 5) is 0. The molecule has 8 bridgehead atoms. The van der Waals surface area contributed by atoms with Crippen LogP contribution in [0.4, 0.5) is 0 Å². The van der Waals surface area contributed by atoms with Crippen molar-refractivity contribution in [2.24, 2.45) is 35.5 Å². The summed E-state index contributed by atoms with van der Waals surface area (Å²) in [6.45, 7) is 4.28. The average molecular weight is 563 g/mol. The van der Waals surface area contributed by atoms with Crippen LogP contribution in [0.3, 0.4) is 0 Å². The summed E-state index contributed by atoms with van der Waals surface area (Å²) < 4.78 is 37.7. The SMILES string of the molecule is c1c(OCC2CO2)c(OCC2CO2)c(C23CC4CC(CC(C4)C2)C3)c(OCC2CO2)c1C12CC3CC(CC(C3)C1)C2. The van der Waals surface area contributed by atoms with Gasteiger partial charge in [0.1, 0.15) is 43.9 Å². The van der Waals surface area contributed by atoms with Crippen LogP contribution < -0.4 is 14.2 Å². The number of hydrogen-bond acceptors (Lipinski definition) is 6. The first-order chi connectivity index (χ1) is 20.1. The Kier molecular flexibility index (Phi) is 5.47. The van der Waals surface area contributed by atoms with E-state index in [1.54, 1.807) is 0 Å². The summed E-state index contributed by atoms with van der Waals surface area (Å²) in [6, 6.07) is 2.41. The van der Waals surface area contributed by atoms with E-state index in [0.717, 1.165) is 66.8 Å². The zero-order chi connectivity index (χ0) is 26.8. The first kappa shape index (κ1) is 24.9. The molecule has 11 aliphatic rings. The first-order valence-electron chi connectivity index (χ1n) is 17.0. The highest BCUT2D eigenvalue weighted by Crippen LogP contribution is 2.68. The molecule has 222 valence electrons. The van der Waals surface area contributed by atoms with Crippen LogP contribution in [0.1, 0.15) is 88.2 Å². The van der Waals surface area contributed by atoms with Gasteiger partial charge in [0.25, 0.3) is 0 Å². The molecule has 0 radical (unpaired) electrons. The minimum Gasteiger partial charge on any atom is -0.490 e. The molecule has 12 rings (SSSR count). The average Bonchev–Trinajstić information content (AvgIpc) is 3.78. The monoisotopic (exact) mass is 562 g/mol. The lowest BCUT2D eigenvalue weighted by atomic mass is 9.46. The number of benzene rings is 1. The first-order valence-corrected chi connectivity index (χ1v) is 17.0. The lowest BCUT2D eigenvalue weighted by molar-refractivity contribution is -0.0121. The quantitative estimate of drug-likeness (QED) is 0.311. The van der Waals surface area contributed by atoms with Crippen LogP contribution in [-0.2, 0) is 25.0 Å². The second-order valence-electron chi connectivity index (χ2n) is 16.2. The van der Waals surface area contributed by atoms with E-state index in [1.165, 1.54) is 93.9 Å². The molecule has 1 aromatic carbocycles. The van der Waals surface area contributed by atoms with E-state index in [4.69, 9.17) is 28.4 Å². The third-order valence-electron chi connectivity index (χ3n) is 12.8. The lowest BCUT2D eigenvalue weighted by Gasteiger charge is -2.59. The van der Waals surface area contributed by atoms with Crippen molar-refractivity contribution in [2.45, 2.75) is 106 Å². The Balaban J connectivity index is 1.17. The van der Waals surface area contributed by atoms with Gasteiger partial charge in [-0.05, 0) is 124 Å². The zero-order valence-corrected chi connectivity index (χ0v) is 24.5. The largest absolute Gasteiger partial charge is 0.490 e. The van der Waals surface area contributed by atoms with Gasteiger partial charge in [-0.3, -0.25) is 0 Å². The third kappa shape index (κ3) is 4.36. The molecular formula is C35H46O6. The predicted molar refractivity (Wildman–Crippen MR) is 152 cm³/mol. The molecule has 8 aliphatic carbocycles. The van der Waals surface area contributed by atoms with Crippen LogP contribution in [0, 0.1) is 35.5 Å². The van der Waals surface area contributed by atoms with E-state index in [0.29, 0.717) is 19.8 Å². The molecule has 0 N–H and O–H groups in total. The number of rotatable bonds is 11. The predicted octanol–water partition coefficient (Wildman–Crippen LogP) is 5.96. The summed E-state index contributed by atoms with van der Waals surface area (Å²) in [7, 11) is 0. The maximum atomic E-state index is 7.11. The minimum atomic E-state index is 0.126. The maximum absolute atomic E-state index is 7.11. The Labute approximate surface area is 244 Å². The van der Waals surface area contributed by atoms with E-state index in [2.05, 4.69) is 6.07 Å². The van der Waals surface area contributed by atoms with Crippen molar-refractivity contribution in [3.63, 3.8) is 0 Å². The molecule has 3 saturated heterocycles. The molecule has 0 aromatic heterocycles. The van der Waals surface area contributed by atoms with Crippen LogP contribution in [-0.4, -0.2) is 58.0 Å². The third-order valence-corrected chi connectivity index (χ3v) is 12.8. The Morgan fingerprint density at radius 1 is 0.537 bits per heavy atom. The van der Waals surface area contributed by atoms with Gasteiger partial charge in [-0.25, -0.2) is 0 Å². The Morgan fingerprint density at radius 3 is 1.37 bits per heavy atom. The Hall–Kier alpha value is -1.50. The highest BCUT2D eigenvalue weighted by molar-refractivity contribution is 5.64. The molecule has 3 atom stereocenters. The summed E-state index contributed by atoms with van der Waals surface area (Å²) in [5.74, 6) is 8.25. The van der Waals surface area contributed by atoms with Gasteiger partial charge in [0, 0.05) is 16.5 Å². The summed E-state index contributed by atoms with van der Waals surface area (Å²) in [5, 5.41) is 0. The molecule has 0 spiro atoms. The lowest BCUT2D eigenvalue weighted by Crippen LogP contribution is -2.50. The van der Waals surface area contributed by atoms with Crippen LogP contribution >= 0.6 is 0 Å². The van der Waals surface area contributed by atoms with Gasteiger partial charge in [-0.2, -0.15) is 0 Å². The van der Waals surface area contributed by atoms with Gasteiger partial charge < -0.3 is 28.4 Å². The molecule has 6 nitrogen and oxygen atoms in total. The summed E-state index contributed by atoms with van der Waals surface area (Å²) in [5.41, 5.74) is 3.18. The fraction of sp³-hybridized carbons (Fsp3) is 0.829. The normalized spacial score (nSPS) is 47.5. The van der Waals surface area contributed by atoms with E-state index in [9.17, 15) is 0 Å². The van der Waals surface area contributed by atoms with Gasteiger partial charge in [-0.15, -0.1) is 0 Å². The van der Waals surface area contributed by atoms with Gasteiger partial charge in [0.2, 0.25) is 0 Å². The van der Waals surface area contributed by atoms with E-state index >= 15 is 0 Å². The van der Waals surface area contributed by atoms with Crippen molar-refractivity contribution < 1.29 is 28.4 Å². The van der Waals surface area contributed by atoms with E-state index in [-0.39, 0.29) is 29.1 Å². The molecule has 6 heteroatoms. The van der Waals surface area contributed by atoms with Crippen molar-refractivity contribution in [1.82, 2.24) is 0 Å². The zero-order valence-electron chi connectivity index (χ0n) is 24.5. The maximum Gasteiger partial charge on any atom is 0.168 e. The number of ether oxygens (including phenoxy) is 6. The molecule has 11 fully saturated rings. The van der Waals surface area contributed by atoms with Crippen molar-refractivity contribution in [2.75, 3.05) is 39.6 Å². The fourth-order valence-corrected chi connectivity index (χ4v) is 11.8. The second kappa shape index (κ2) is 9.01. The van der Waals surface area contributed by atoms with Crippen LogP contribution in [0.25, 0.3) is 0 Å². The highest BCUT2D eigenvalue weighted by atomic mass is 16.6. The topological polar surface area (TPSA) is 65.3 Å². The summed E-state index contributed by atoms with van der Waals surface area (Å²) in [6.07, 6.45) is 17.0. The van der Waals surface area contributed by atoms with Crippen molar-refractivity contribution in [3.05, 3.63) is 17.2 Å². The summed E-state index contributed by atoms with van der Waals surface area (Å²) >= 11 is 0. The Bertz CT molecular complexity index is 1140. The molecule has 0 amide bonds. The van der Waals surface area contributed by atoms with Gasteiger partial charge >= 0.3 is 0 Å². The van der Waals surface area contributed by atoms with Crippen molar-refractivity contribution >= 4 is 0 Å². The van der Waals surface area contributed by atoms with Crippen LogP contribution in [0.5, 0.6) is 17.2 Å². The molecule has 8 saturated carbocycles. The van der Waals surface area contributed by atoms with E-state index in [1.807, 2.05) is 0 Å². The van der Waals surface area contributed by atoms with Gasteiger partial charge in [-0.1, -0.05) is 0 Å². The Morgan fingerprint density at radius 2 is 0.927 bits per heavy atom. The van der Waals surface area contributed by atoms with Crippen LogP contribution in [0.2, 0.25) is 0 Å². The molecule has 3 aliphatic heterocycles. The molecule has 3 unspecified atom stereocenters. The fourth-order valence-electron chi connectivity index (χ4n) is 11.8. The smallest absolute Gasteiger partial charge is 0.168 e. The second-order valence-corrected chi connectivity index (χ2v) is 16.2. The molecule has 41 heavy (non-hydrogen) atoms. The molecule has 3 heterocycles.